The summed E-state index contributed by atoms with van der Waals surface area (Å²) in [5, 5.41) is 0. The Hall–Kier alpha value is -1.05. The third-order valence-electron chi connectivity index (χ3n) is 1.84. The van der Waals surface area contributed by atoms with Gasteiger partial charge in [-0.2, -0.15) is 0 Å². The lowest BCUT2D eigenvalue weighted by molar-refractivity contribution is 0.291. The molecule has 0 N–H and O–H groups in total. The zero-order valence-corrected chi connectivity index (χ0v) is 7.92. The highest BCUT2D eigenvalue weighted by molar-refractivity contribution is 5.23. The van der Waals surface area contributed by atoms with Crippen LogP contribution >= 0.6 is 0 Å². The molecule has 1 aromatic carbocycles. The zero-order valence-electron chi connectivity index (χ0n) is 7.92. The molecule has 0 atom stereocenters. The van der Waals surface area contributed by atoms with Crippen LogP contribution in [-0.4, -0.2) is 6.61 Å². The monoisotopic (exact) mass is 182 g/mol. The minimum atomic E-state index is -0.279. The number of hydrogen-bond donors (Lipinski definition) is 0. The molecule has 1 nitrogen and oxygen atoms in total. The number of benzene rings is 1. The van der Waals surface area contributed by atoms with Gasteiger partial charge in [0.15, 0.2) is 11.6 Å². The summed E-state index contributed by atoms with van der Waals surface area (Å²) in [5.74, 6) is 0.0811. The van der Waals surface area contributed by atoms with E-state index in [1.807, 2.05) is 0 Å². The molecule has 0 aliphatic heterocycles. The first-order valence-corrected chi connectivity index (χ1v) is 4.72. The van der Waals surface area contributed by atoms with Gasteiger partial charge in [0.1, 0.15) is 0 Å². The number of rotatable bonds is 5. The van der Waals surface area contributed by atoms with Crippen molar-refractivity contribution in [3.8, 4) is 5.75 Å². The molecule has 0 saturated heterocycles. The summed E-state index contributed by atoms with van der Waals surface area (Å²) in [6, 6.07) is 6.50. The van der Waals surface area contributed by atoms with E-state index in [0.29, 0.717) is 12.4 Å². The maximum absolute atomic E-state index is 13.0. The normalized spacial score (nSPS) is 10.0. The predicted molar refractivity (Wildman–Crippen MR) is 51.4 cm³/mol. The summed E-state index contributed by atoms with van der Waals surface area (Å²) in [6.07, 6.45) is 3.28. The van der Waals surface area contributed by atoms with Gasteiger partial charge in [-0.3, -0.25) is 0 Å². The largest absolute Gasteiger partial charge is 0.491 e. The van der Waals surface area contributed by atoms with Crippen molar-refractivity contribution in [1.82, 2.24) is 0 Å². The molecular weight excluding hydrogens is 167 g/mol. The van der Waals surface area contributed by atoms with Crippen LogP contribution in [0, 0.1) is 5.82 Å². The Kier molecular flexibility index (Phi) is 4.30. The van der Waals surface area contributed by atoms with E-state index in [1.54, 1.807) is 18.2 Å². The average molecular weight is 182 g/mol. The van der Waals surface area contributed by atoms with Gasteiger partial charge in [-0.1, -0.05) is 31.9 Å². The molecule has 0 amide bonds. The SMILES string of the molecule is CCCCCOc1ccccc1F. The van der Waals surface area contributed by atoms with E-state index in [2.05, 4.69) is 6.92 Å². The van der Waals surface area contributed by atoms with Gasteiger partial charge in [-0.05, 0) is 18.6 Å². The molecule has 0 spiro atoms. The van der Waals surface area contributed by atoms with E-state index < -0.39 is 0 Å². The van der Waals surface area contributed by atoms with Crippen molar-refractivity contribution in [2.24, 2.45) is 0 Å². The highest BCUT2D eigenvalue weighted by atomic mass is 19.1. The van der Waals surface area contributed by atoms with Gasteiger partial charge in [0.25, 0.3) is 0 Å². The van der Waals surface area contributed by atoms with Crippen molar-refractivity contribution in [1.29, 1.82) is 0 Å². The highest BCUT2D eigenvalue weighted by Crippen LogP contribution is 2.15. The van der Waals surface area contributed by atoms with Crippen LogP contribution in [0.4, 0.5) is 4.39 Å². The fourth-order valence-electron chi connectivity index (χ4n) is 1.10. The molecule has 0 saturated carbocycles. The highest BCUT2D eigenvalue weighted by Gasteiger charge is 1.99. The molecular formula is C11H15FO. The smallest absolute Gasteiger partial charge is 0.165 e. The molecule has 2 heteroatoms. The van der Waals surface area contributed by atoms with Gasteiger partial charge in [0.05, 0.1) is 6.61 Å². The molecule has 13 heavy (non-hydrogen) atoms. The second kappa shape index (κ2) is 5.57. The molecule has 0 bridgehead atoms. The summed E-state index contributed by atoms with van der Waals surface area (Å²) < 4.78 is 18.2. The lowest BCUT2D eigenvalue weighted by Gasteiger charge is -2.05. The van der Waals surface area contributed by atoms with Gasteiger partial charge in [0.2, 0.25) is 0 Å². The molecule has 0 unspecified atom stereocenters. The van der Waals surface area contributed by atoms with Gasteiger partial charge < -0.3 is 4.74 Å². The van der Waals surface area contributed by atoms with Crippen molar-refractivity contribution >= 4 is 0 Å². The third-order valence-corrected chi connectivity index (χ3v) is 1.84. The Morgan fingerprint density at radius 3 is 2.69 bits per heavy atom. The Bertz CT molecular complexity index is 248. The van der Waals surface area contributed by atoms with E-state index in [9.17, 15) is 4.39 Å². The van der Waals surface area contributed by atoms with Crippen LogP contribution in [0.2, 0.25) is 0 Å². The topological polar surface area (TPSA) is 9.23 Å². The van der Waals surface area contributed by atoms with Crippen LogP contribution in [0.15, 0.2) is 24.3 Å². The van der Waals surface area contributed by atoms with Crippen LogP contribution in [0.1, 0.15) is 26.2 Å². The number of ether oxygens (including phenoxy) is 1. The zero-order chi connectivity index (χ0) is 9.52. The number of para-hydroxylation sites is 1. The van der Waals surface area contributed by atoms with Gasteiger partial charge in [-0.15, -0.1) is 0 Å². The number of hydrogen-bond acceptors (Lipinski definition) is 1. The van der Waals surface area contributed by atoms with E-state index in [-0.39, 0.29) is 5.82 Å². The summed E-state index contributed by atoms with van der Waals surface area (Å²) in [6.45, 7) is 2.73. The maximum atomic E-state index is 13.0. The van der Waals surface area contributed by atoms with Crippen molar-refractivity contribution in [3.05, 3.63) is 30.1 Å². The second-order valence-corrected chi connectivity index (χ2v) is 2.99. The van der Waals surface area contributed by atoms with Crippen molar-refractivity contribution in [2.75, 3.05) is 6.61 Å². The molecule has 1 rings (SSSR count). The second-order valence-electron chi connectivity index (χ2n) is 2.99. The molecule has 0 heterocycles. The standard InChI is InChI=1S/C11H15FO/c1-2-3-6-9-13-11-8-5-4-7-10(11)12/h4-5,7-8H,2-3,6,9H2,1H3. The first-order chi connectivity index (χ1) is 6.34. The Labute approximate surface area is 78.5 Å². The minimum Gasteiger partial charge on any atom is -0.491 e. The molecule has 0 aromatic heterocycles. The summed E-state index contributed by atoms with van der Waals surface area (Å²) in [4.78, 5) is 0. The predicted octanol–water partition coefficient (Wildman–Crippen LogP) is 3.39. The van der Waals surface area contributed by atoms with Crippen LogP contribution in [-0.2, 0) is 0 Å². The van der Waals surface area contributed by atoms with Gasteiger partial charge in [-0.25, -0.2) is 4.39 Å². The maximum Gasteiger partial charge on any atom is 0.165 e. The van der Waals surface area contributed by atoms with Gasteiger partial charge >= 0.3 is 0 Å². The number of halogens is 1. The molecule has 0 radical (unpaired) electrons. The van der Waals surface area contributed by atoms with Crippen molar-refractivity contribution in [2.45, 2.75) is 26.2 Å². The Morgan fingerprint density at radius 2 is 2.00 bits per heavy atom. The average Bonchev–Trinajstić information content (AvgIpc) is 2.15. The molecule has 0 aliphatic carbocycles. The molecule has 0 fully saturated rings. The Balaban J connectivity index is 2.32. The molecule has 0 aliphatic rings. The quantitative estimate of drug-likeness (QED) is 0.634. The third kappa shape index (κ3) is 3.45. The van der Waals surface area contributed by atoms with E-state index in [1.165, 1.54) is 6.07 Å². The van der Waals surface area contributed by atoms with Crippen LogP contribution in [0.3, 0.4) is 0 Å². The van der Waals surface area contributed by atoms with Crippen LogP contribution in [0.25, 0.3) is 0 Å². The first kappa shape index (κ1) is 10.0. The van der Waals surface area contributed by atoms with Crippen LogP contribution in [0.5, 0.6) is 5.75 Å². The summed E-state index contributed by atoms with van der Waals surface area (Å²) in [5.41, 5.74) is 0. The lowest BCUT2D eigenvalue weighted by Crippen LogP contribution is -1.98. The Morgan fingerprint density at radius 1 is 1.23 bits per heavy atom. The van der Waals surface area contributed by atoms with E-state index in [4.69, 9.17) is 4.74 Å². The first-order valence-electron chi connectivity index (χ1n) is 4.72. The fourth-order valence-corrected chi connectivity index (χ4v) is 1.10. The summed E-state index contributed by atoms with van der Waals surface area (Å²) in [7, 11) is 0. The minimum absolute atomic E-state index is 0.279. The van der Waals surface area contributed by atoms with Crippen LogP contribution < -0.4 is 4.74 Å². The molecule has 72 valence electrons. The van der Waals surface area contributed by atoms with E-state index in [0.717, 1.165) is 19.3 Å². The van der Waals surface area contributed by atoms with Crippen molar-refractivity contribution in [3.63, 3.8) is 0 Å². The lowest BCUT2D eigenvalue weighted by atomic mass is 10.3. The van der Waals surface area contributed by atoms with Gasteiger partial charge in [0, 0.05) is 0 Å². The van der Waals surface area contributed by atoms with E-state index >= 15 is 0 Å². The summed E-state index contributed by atoms with van der Waals surface area (Å²) >= 11 is 0. The molecule has 1 aromatic rings. The number of unbranched alkanes of at least 4 members (excludes halogenated alkanes) is 2. The fraction of sp³-hybridized carbons (Fsp3) is 0.455. The van der Waals surface area contributed by atoms with Crippen molar-refractivity contribution < 1.29 is 9.13 Å².